The lowest BCUT2D eigenvalue weighted by molar-refractivity contribution is 0.709. The summed E-state index contributed by atoms with van der Waals surface area (Å²) in [5.41, 5.74) is 15.2. The molecule has 0 saturated carbocycles. The van der Waals surface area contributed by atoms with Gasteiger partial charge in [-0.3, -0.25) is 5.01 Å². The van der Waals surface area contributed by atoms with E-state index in [0.29, 0.717) is 0 Å². The molecular weight excluding hydrogens is 508 g/mol. The van der Waals surface area contributed by atoms with Crippen LogP contribution in [0.4, 0.5) is 5.69 Å². The van der Waals surface area contributed by atoms with Gasteiger partial charge in [0, 0.05) is 6.42 Å². The van der Waals surface area contributed by atoms with Crippen LogP contribution >= 0.6 is 0 Å². The molecular formula is C40H28N2. The van der Waals surface area contributed by atoms with Gasteiger partial charge in [-0.15, -0.1) is 0 Å². The molecule has 1 spiro atoms. The average molecular weight is 537 g/mol. The first-order valence-electron chi connectivity index (χ1n) is 14.7. The maximum Gasteiger partial charge on any atom is 0.0831 e. The molecule has 1 atom stereocenters. The van der Waals surface area contributed by atoms with Gasteiger partial charge in [0.05, 0.1) is 22.9 Å². The van der Waals surface area contributed by atoms with Crippen LogP contribution in [0.2, 0.25) is 0 Å². The molecule has 6 aromatic carbocycles. The number of benzene rings is 6. The summed E-state index contributed by atoms with van der Waals surface area (Å²) in [5.74, 6) is 0. The second-order valence-corrected chi connectivity index (χ2v) is 11.5. The van der Waals surface area contributed by atoms with E-state index in [9.17, 15) is 0 Å². The Balaban J connectivity index is 1.26. The summed E-state index contributed by atoms with van der Waals surface area (Å²) in [6.07, 6.45) is 0.852. The Kier molecular flexibility index (Phi) is 4.97. The molecule has 0 bridgehead atoms. The Hall–Kier alpha value is -5.21. The van der Waals surface area contributed by atoms with Crippen LogP contribution in [0, 0.1) is 0 Å². The molecule has 0 amide bonds. The van der Waals surface area contributed by atoms with Crippen LogP contribution in [0.15, 0.2) is 157 Å². The lowest BCUT2D eigenvalue weighted by Gasteiger charge is -2.30. The first-order chi connectivity index (χ1) is 20.8. The van der Waals surface area contributed by atoms with Crippen molar-refractivity contribution in [2.75, 3.05) is 5.01 Å². The molecule has 0 radical (unpaired) electrons. The van der Waals surface area contributed by atoms with E-state index in [4.69, 9.17) is 5.10 Å². The summed E-state index contributed by atoms with van der Waals surface area (Å²) in [7, 11) is 0. The fraction of sp³-hybridized carbons (Fsp3) is 0.0750. The highest BCUT2D eigenvalue weighted by atomic mass is 15.5. The van der Waals surface area contributed by atoms with E-state index in [-0.39, 0.29) is 11.5 Å². The van der Waals surface area contributed by atoms with Crippen molar-refractivity contribution in [1.29, 1.82) is 0 Å². The minimum Gasteiger partial charge on any atom is -0.257 e. The summed E-state index contributed by atoms with van der Waals surface area (Å²) < 4.78 is 0. The number of anilines is 1. The van der Waals surface area contributed by atoms with Gasteiger partial charge < -0.3 is 0 Å². The molecule has 9 rings (SSSR count). The van der Waals surface area contributed by atoms with Gasteiger partial charge in [-0.05, 0) is 73.8 Å². The average Bonchev–Trinajstić information content (AvgIpc) is 3.73. The number of rotatable bonds is 3. The van der Waals surface area contributed by atoms with Crippen LogP contribution in [-0.2, 0) is 5.41 Å². The summed E-state index contributed by atoms with van der Waals surface area (Å²) in [6.45, 7) is 0. The lowest BCUT2D eigenvalue weighted by Crippen LogP contribution is -2.26. The number of hydrogen-bond acceptors (Lipinski definition) is 2. The molecule has 2 heteroatoms. The van der Waals surface area contributed by atoms with Crippen molar-refractivity contribution >= 4 is 11.4 Å². The second-order valence-electron chi connectivity index (χ2n) is 11.5. The van der Waals surface area contributed by atoms with Crippen molar-refractivity contribution in [1.82, 2.24) is 0 Å². The molecule has 1 heterocycles. The van der Waals surface area contributed by atoms with E-state index >= 15 is 0 Å². The van der Waals surface area contributed by atoms with Crippen molar-refractivity contribution < 1.29 is 0 Å². The van der Waals surface area contributed by atoms with E-state index in [2.05, 4.69) is 157 Å². The molecule has 3 aliphatic rings. The van der Waals surface area contributed by atoms with Crippen molar-refractivity contribution in [3.8, 4) is 22.3 Å². The summed E-state index contributed by atoms with van der Waals surface area (Å²) in [6, 6.07) is 55.5. The van der Waals surface area contributed by atoms with E-state index in [1.807, 2.05) is 0 Å². The van der Waals surface area contributed by atoms with Crippen LogP contribution in [0.25, 0.3) is 22.3 Å². The number of para-hydroxylation sites is 1. The second kappa shape index (κ2) is 8.89. The largest absolute Gasteiger partial charge is 0.257 e. The van der Waals surface area contributed by atoms with Crippen LogP contribution in [0.3, 0.4) is 0 Å². The van der Waals surface area contributed by atoms with Crippen LogP contribution in [-0.4, -0.2) is 5.71 Å². The molecule has 42 heavy (non-hydrogen) atoms. The Morgan fingerprint density at radius 3 is 1.60 bits per heavy atom. The normalized spacial score (nSPS) is 17.0. The molecule has 0 N–H and O–H groups in total. The van der Waals surface area contributed by atoms with Crippen LogP contribution in [0.5, 0.6) is 0 Å². The third kappa shape index (κ3) is 3.12. The zero-order valence-corrected chi connectivity index (χ0v) is 23.1. The van der Waals surface area contributed by atoms with Gasteiger partial charge in [-0.2, -0.15) is 5.10 Å². The quantitative estimate of drug-likeness (QED) is 0.220. The Labute approximate surface area is 246 Å². The van der Waals surface area contributed by atoms with Crippen molar-refractivity contribution in [2.45, 2.75) is 17.9 Å². The highest BCUT2D eigenvalue weighted by Gasteiger charge is 2.51. The first kappa shape index (κ1) is 23.5. The zero-order chi connectivity index (χ0) is 27.7. The number of nitrogens with zero attached hydrogens (tertiary/aromatic N) is 2. The van der Waals surface area contributed by atoms with E-state index in [0.717, 1.165) is 17.8 Å². The van der Waals surface area contributed by atoms with Crippen molar-refractivity contribution in [3.05, 3.63) is 185 Å². The molecule has 0 saturated heterocycles. The van der Waals surface area contributed by atoms with E-state index < -0.39 is 0 Å². The van der Waals surface area contributed by atoms with Crippen LogP contribution in [0.1, 0.15) is 45.8 Å². The minimum atomic E-state index is -0.341. The Bertz CT molecular complexity index is 1960. The van der Waals surface area contributed by atoms with E-state index in [1.165, 1.54) is 55.6 Å². The highest BCUT2D eigenvalue weighted by molar-refractivity contribution is 6.05. The molecule has 1 unspecified atom stereocenters. The fourth-order valence-electron chi connectivity index (χ4n) is 7.71. The topological polar surface area (TPSA) is 15.6 Å². The van der Waals surface area contributed by atoms with E-state index in [1.54, 1.807) is 0 Å². The van der Waals surface area contributed by atoms with Crippen LogP contribution < -0.4 is 5.01 Å². The van der Waals surface area contributed by atoms with Crippen molar-refractivity contribution in [3.63, 3.8) is 0 Å². The molecule has 6 aromatic rings. The zero-order valence-electron chi connectivity index (χ0n) is 23.1. The standard InChI is InChI=1S/C40H28N2/c1-3-13-27(14-4-1)39-26-38(41-42(39)29-15-5-2-6-16-29)28-23-24-33-32-19-9-12-22-36(32)40(37(33)25-28)34-20-10-7-17-30(34)31-18-8-11-21-35(31)40/h1-25,39H,26H2. The molecule has 2 aliphatic carbocycles. The maximum atomic E-state index is 5.31. The van der Waals surface area contributed by atoms with Gasteiger partial charge in [0.25, 0.3) is 0 Å². The maximum absolute atomic E-state index is 5.31. The van der Waals surface area contributed by atoms with Gasteiger partial charge in [0.2, 0.25) is 0 Å². The van der Waals surface area contributed by atoms with Gasteiger partial charge in [0.1, 0.15) is 0 Å². The molecule has 0 aromatic heterocycles. The molecule has 2 nitrogen and oxygen atoms in total. The first-order valence-corrected chi connectivity index (χ1v) is 14.7. The highest BCUT2D eigenvalue weighted by Crippen LogP contribution is 2.62. The van der Waals surface area contributed by atoms with Gasteiger partial charge in [0.15, 0.2) is 0 Å². The summed E-state index contributed by atoms with van der Waals surface area (Å²) in [5, 5.41) is 7.53. The Morgan fingerprint density at radius 2 is 1.00 bits per heavy atom. The SMILES string of the molecule is c1ccc(C2CC(c3ccc4c(c3)C3(c5ccccc5-c5ccccc53)c3ccccc3-4)=NN2c2ccccc2)cc1. The van der Waals surface area contributed by atoms with Gasteiger partial charge >= 0.3 is 0 Å². The third-order valence-corrected chi connectivity index (χ3v) is 9.45. The fourth-order valence-corrected chi connectivity index (χ4v) is 7.71. The third-order valence-electron chi connectivity index (χ3n) is 9.45. The molecule has 198 valence electrons. The Morgan fingerprint density at radius 1 is 0.500 bits per heavy atom. The lowest BCUT2D eigenvalue weighted by atomic mass is 9.70. The van der Waals surface area contributed by atoms with Gasteiger partial charge in [-0.25, -0.2) is 0 Å². The predicted molar refractivity (Wildman–Crippen MR) is 172 cm³/mol. The summed E-state index contributed by atoms with van der Waals surface area (Å²) >= 11 is 0. The smallest absolute Gasteiger partial charge is 0.0831 e. The predicted octanol–water partition coefficient (Wildman–Crippen LogP) is 9.39. The number of hydrazone groups is 1. The van der Waals surface area contributed by atoms with Crippen molar-refractivity contribution in [2.24, 2.45) is 5.10 Å². The summed E-state index contributed by atoms with van der Waals surface area (Å²) in [4.78, 5) is 0. The molecule has 0 fully saturated rings. The number of fused-ring (bicyclic) bond motifs is 10. The minimum absolute atomic E-state index is 0.149. The van der Waals surface area contributed by atoms with Gasteiger partial charge in [-0.1, -0.05) is 133 Å². The monoisotopic (exact) mass is 536 g/mol. The molecule has 1 aliphatic heterocycles. The number of hydrogen-bond donors (Lipinski definition) is 0.